The van der Waals surface area contributed by atoms with Crippen LogP contribution in [0.25, 0.3) is 27.9 Å². The van der Waals surface area contributed by atoms with Gasteiger partial charge in [-0.25, -0.2) is 14.5 Å². The molecule has 4 aromatic heterocycles. The average Bonchev–Trinajstić information content (AvgIpc) is 3.33. The van der Waals surface area contributed by atoms with Crippen LogP contribution < -0.4 is 5.32 Å². The standard InChI is InChI=1S/C20H21N7O/c1-2-17-21-7-8-27(17)26-16(1)14-9-22-18-15(14)10-23-19(25-18)24-13-3-5-20(6-4-13)11-28-12-20/h1-2,7-10,13H,3-6,11-12H2,(H2,22,23,24,25). The second-order valence-corrected chi connectivity index (χ2v) is 8.02. The van der Waals surface area contributed by atoms with Crippen LogP contribution in [0.1, 0.15) is 25.7 Å². The summed E-state index contributed by atoms with van der Waals surface area (Å²) >= 11 is 0. The van der Waals surface area contributed by atoms with Gasteiger partial charge in [0, 0.05) is 47.2 Å². The number of hydrogen-bond acceptors (Lipinski definition) is 6. The first-order chi connectivity index (χ1) is 13.8. The number of aromatic amines is 1. The summed E-state index contributed by atoms with van der Waals surface area (Å²) < 4.78 is 7.19. The minimum Gasteiger partial charge on any atom is -0.380 e. The summed E-state index contributed by atoms with van der Waals surface area (Å²) in [5.74, 6) is 0.685. The average molecular weight is 375 g/mol. The zero-order chi connectivity index (χ0) is 18.6. The van der Waals surface area contributed by atoms with Crippen LogP contribution in [-0.2, 0) is 4.74 Å². The molecule has 142 valence electrons. The lowest BCUT2D eigenvalue weighted by Crippen LogP contribution is -2.47. The highest BCUT2D eigenvalue weighted by molar-refractivity contribution is 5.92. The Labute approximate surface area is 161 Å². The zero-order valence-electron chi connectivity index (χ0n) is 15.4. The second-order valence-electron chi connectivity index (χ2n) is 8.02. The first kappa shape index (κ1) is 16.0. The molecular weight excluding hydrogens is 354 g/mol. The molecule has 0 atom stereocenters. The number of nitrogens with one attached hydrogen (secondary N) is 2. The van der Waals surface area contributed by atoms with Crippen molar-refractivity contribution >= 4 is 22.6 Å². The number of aromatic nitrogens is 6. The lowest BCUT2D eigenvalue weighted by molar-refractivity contribution is -0.131. The SMILES string of the molecule is c1cn2nc(-c3c[nH]c4nc(NC5CCC6(CC5)COC6)ncc34)ccc2n1. The van der Waals surface area contributed by atoms with Crippen molar-refractivity contribution in [3.05, 3.63) is 36.9 Å². The van der Waals surface area contributed by atoms with E-state index in [4.69, 9.17) is 4.74 Å². The topological polar surface area (TPSA) is 93.0 Å². The van der Waals surface area contributed by atoms with E-state index in [9.17, 15) is 0 Å². The number of fused-ring (bicyclic) bond motifs is 2. The van der Waals surface area contributed by atoms with E-state index >= 15 is 0 Å². The Bertz CT molecular complexity index is 1150. The number of nitrogens with zero attached hydrogens (tertiary/aromatic N) is 5. The quantitative estimate of drug-likeness (QED) is 0.572. The molecule has 0 radical (unpaired) electrons. The molecule has 0 unspecified atom stereocenters. The van der Waals surface area contributed by atoms with Gasteiger partial charge in [0.05, 0.1) is 18.9 Å². The van der Waals surface area contributed by atoms with Crippen LogP contribution in [-0.4, -0.2) is 48.8 Å². The Morgan fingerprint density at radius 3 is 2.89 bits per heavy atom. The normalized spacial score (nSPS) is 19.3. The number of ether oxygens (including phenoxy) is 1. The van der Waals surface area contributed by atoms with E-state index in [2.05, 4.69) is 30.4 Å². The van der Waals surface area contributed by atoms with Crippen LogP contribution in [0.5, 0.6) is 0 Å². The zero-order valence-corrected chi connectivity index (χ0v) is 15.4. The fraction of sp³-hybridized carbons (Fsp3) is 0.400. The largest absolute Gasteiger partial charge is 0.380 e. The summed E-state index contributed by atoms with van der Waals surface area (Å²) in [6, 6.07) is 4.36. The number of rotatable bonds is 3. The number of imidazole rings is 1. The van der Waals surface area contributed by atoms with E-state index < -0.39 is 0 Å². The predicted molar refractivity (Wildman–Crippen MR) is 105 cm³/mol. The summed E-state index contributed by atoms with van der Waals surface area (Å²) in [7, 11) is 0. The van der Waals surface area contributed by atoms with E-state index in [-0.39, 0.29) is 0 Å². The van der Waals surface area contributed by atoms with Crippen molar-refractivity contribution in [2.75, 3.05) is 18.5 Å². The van der Waals surface area contributed by atoms with Gasteiger partial charge >= 0.3 is 0 Å². The fourth-order valence-electron chi connectivity index (χ4n) is 4.38. The molecule has 8 heteroatoms. The van der Waals surface area contributed by atoms with Crippen molar-refractivity contribution in [1.29, 1.82) is 0 Å². The molecule has 28 heavy (non-hydrogen) atoms. The van der Waals surface area contributed by atoms with E-state index in [1.165, 1.54) is 12.8 Å². The van der Waals surface area contributed by atoms with E-state index in [0.717, 1.165) is 54.0 Å². The van der Waals surface area contributed by atoms with Gasteiger partial charge in [-0.05, 0) is 37.8 Å². The van der Waals surface area contributed by atoms with E-state index in [0.29, 0.717) is 17.4 Å². The number of anilines is 1. The minimum absolute atomic E-state index is 0.434. The first-order valence-electron chi connectivity index (χ1n) is 9.77. The maximum absolute atomic E-state index is 5.42. The Hall–Kier alpha value is -3.00. The lowest BCUT2D eigenvalue weighted by atomic mass is 9.71. The van der Waals surface area contributed by atoms with E-state index in [1.54, 1.807) is 10.7 Å². The summed E-state index contributed by atoms with van der Waals surface area (Å²) in [6.45, 7) is 1.87. The Morgan fingerprint density at radius 1 is 1.18 bits per heavy atom. The number of H-pyrrole nitrogens is 1. The van der Waals surface area contributed by atoms with Gasteiger partial charge in [-0.1, -0.05) is 0 Å². The number of hydrogen-bond donors (Lipinski definition) is 2. The molecule has 1 saturated heterocycles. The van der Waals surface area contributed by atoms with Gasteiger partial charge in [0.15, 0.2) is 5.65 Å². The molecule has 1 aliphatic heterocycles. The lowest BCUT2D eigenvalue weighted by Gasteiger charge is -2.46. The third-order valence-electron chi connectivity index (χ3n) is 6.16. The highest BCUT2D eigenvalue weighted by Gasteiger charge is 2.41. The summed E-state index contributed by atoms with van der Waals surface area (Å²) in [5, 5.41) is 9.11. The Morgan fingerprint density at radius 2 is 2.07 bits per heavy atom. The van der Waals surface area contributed by atoms with Gasteiger partial charge in [0.1, 0.15) is 5.65 Å². The van der Waals surface area contributed by atoms with Gasteiger partial charge in [-0.2, -0.15) is 10.1 Å². The van der Waals surface area contributed by atoms with Crippen molar-refractivity contribution < 1.29 is 4.74 Å². The van der Waals surface area contributed by atoms with Crippen LogP contribution in [0.15, 0.2) is 36.9 Å². The third-order valence-corrected chi connectivity index (χ3v) is 6.16. The van der Waals surface area contributed by atoms with Crippen LogP contribution in [0.3, 0.4) is 0 Å². The van der Waals surface area contributed by atoms with Crippen molar-refractivity contribution in [1.82, 2.24) is 29.5 Å². The smallest absolute Gasteiger partial charge is 0.224 e. The molecule has 1 spiro atoms. The molecule has 4 aromatic rings. The first-order valence-corrected chi connectivity index (χ1v) is 9.77. The summed E-state index contributed by atoms with van der Waals surface area (Å²) in [4.78, 5) is 16.8. The molecule has 0 amide bonds. The molecule has 1 aliphatic carbocycles. The van der Waals surface area contributed by atoms with Crippen LogP contribution in [0, 0.1) is 5.41 Å². The predicted octanol–water partition coefficient (Wildman–Crippen LogP) is 3.04. The maximum atomic E-state index is 5.42. The molecule has 5 heterocycles. The van der Waals surface area contributed by atoms with Gasteiger partial charge in [-0.15, -0.1) is 0 Å². The molecule has 1 saturated carbocycles. The van der Waals surface area contributed by atoms with Crippen molar-refractivity contribution in [2.45, 2.75) is 31.7 Å². The molecule has 0 bridgehead atoms. The molecule has 0 aromatic carbocycles. The monoisotopic (exact) mass is 375 g/mol. The van der Waals surface area contributed by atoms with Crippen LogP contribution in [0.2, 0.25) is 0 Å². The molecule has 8 nitrogen and oxygen atoms in total. The van der Waals surface area contributed by atoms with Crippen molar-refractivity contribution in [3.63, 3.8) is 0 Å². The van der Waals surface area contributed by atoms with Gasteiger partial charge in [-0.3, -0.25) is 0 Å². The van der Waals surface area contributed by atoms with E-state index in [1.807, 2.05) is 30.7 Å². The molecule has 2 N–H and O–H groups in total. The van der Waals surface area contributed by atoms with Crippen molar-refractivity contribution in [3.8, 4) is 11.3 Å². The van der Waals surface area contributed by atoms with Gasteiger partial charge in [0.2, 0.25) is 5.95 Å². The summed E-state index contributed by atoms with van der Waals surface area (Å²) in [6.07, 6.45) is 12.1. The molecule has 2 fully saturated rings. The van der Waals surface area contributed by atoms with Crippen LogP contribution in [0.4, 0.5) is 5.95 Å². The molecular formula is C20H21N7O. The Balaban J connectivity index is 1.24. The van der Waals surface area contributed by atoms with Crippen LogP contribution >= 0.6 is 0 Å². The fourth-order valence-corrected chi connectivity index (χ4v) is 4.38. The van der Waals surface area contributed by atoms with Gasteiger partial charge in [0.25, 0.3) is 0 Å². The van der Waals surface area contributed by atoms with Crippen molar-refractivity contribution in [2.24, 2.45) is 5.41 Å². The van der Waals surface area contributed by atoms with Gasteiger partial charge < -0.3 is 15.0 Å². The summed E-state index contributed by atoms with van der Waals surface area (Å²) in [5.41, 5.74) is 3.96. The maximum Gasteiger partial charge on any atom is 0.224 e. The highest BCUT2D eigenvalue weighted by Crippen LogP contribution is 2.42. The minimum atomic E-state index is 0.434. The second kappa shape index (κ2) is 6.00. The molecule has 6 rings (SSSR count). The third kappa shape index (κ3) is 2.56. The molecule has 2 aliphatic rings. The highest BCUT2D eigenvalue weighted by atomic mass is 16.5. The Kier molecular flexibility index (Phi) is 3.43.